The van der Waals surface area contributed by atoms with Gasteiger partial charge in [0.1, 0.15) is 0 Å². The Kier molecular flexibility index (Phi) is 9.39. The van der Waals surface area contributed by atoms with E-state index in [0.29, 0.717) is 6.16 Å². The molecule has 0 aromatic rings. The highest BCUT2D eigenvalue weighted by atomic mass is 35.5. The Morgan fingerprint density at radius 3 is 2.14 bits per heavy atom. The molecule has 0 spiro atoms. The zero-order valence-corrected chi connectivity index (χ0v) is 5.84. The summed E-state index contributed by atoms with van der Waals surface area (Å²) in [6, 6.07) is 0. The first-order valence-corrected chi connectivity index (χ1v) is 3.30. The lowest BCUT2D eigenvalue weighted by Crippen LogP contribution is -1.67. The highest BCUT2D eigenvalue weighted by Gasteiger charge is 2.03. The van der Waals surface area contributed by atoms with Crippen LogP contribution in [0.1, 0.15) is 13.3 Å². The van der Waals surface area contributed by atoms with Gasteiger partial charge >= 0.3 is 8.03 Å². The predicted octanol–water partition coefficient (Wildman–Crippen LogP) is 1.55. The Hall–Kier alpha value is 0.350. The average Bonchev–Trinajstić information content (AvgIpc) is 1.35. The van der Waals surface area contributed by atoms with E-state index in [9.17, 15) is 4.57 Å². The van der Waals surface area contributed by atoms with E-state index in [4.69, 9.17) is 4.89 Å². The second-order valence-electron chi connectivity index (χ2n) is 1.08. The van der Waals surface area contributed by atoms with Crippen LogP contribution in [0.25, 0.3) is 0 Å². The molecule has 0 amide bonds. The Morgan fingerprint density at radius 1 is 1.71 bits per heavy atom. The van der Waals surface area contributed by atoms with Crippen LogP contribution in [0.4, 0.5) is 0 Å². The van der Waals surface area contributed by atoms with Gasteiger partial charge in [-0.3, -0.25) is 0 Å². The third kappa shape index (κ3) is 10.7. The van der Waals surface area contributed by atoms with E-state index in [2.05, 4.69) is 0 Å². The summed E-state index contributed by atoms with van der Waals surface area (Å²) >= 11 is 0. The molecule has 0 saturated carbocycles. The second kappa shape index (κ2) is 6.35. The maximum absolute atomic E-state index is 9.75. The molecule has 0 aromatic carbocycles. The van der Waals surface area contributed by atoms with E-state index >= 15 is 0 Å². The van der Waals surface area contributed by atoms with Gasteiger partial charge < -0.3 is 0 Å². The summed E-state index contributed by atoms with van der Waals surface area (Å²) in [5, 5.41) is 0. The molecule has 44 valence electrons. The van der Waals surface area contributed by atoms with E-state index in [-0.39, 0.29) is 12.4 Å². The first-order chi connectivity index (χ1) is 2.77. The lowest BCUT2D eigenvalue weighted by atomic mass is 10.6. The fraction of sp³-hybridized carbons (Fsp3) is 1.00. The van der Waals surface area contributed by atoms with Crippen LogP contribution >= 0.6 is 20.4 Å². The largest absolute Gasteiger partial charge is 0.505 e. The van der Waals surface area contributed by atoms with Crippen LogP contribution < -0.4 is 0 Å². The average molecular weight is 144 g/mol. The molecule has 0 aliphatic carbocycles. The highest BCUT2D eigenvalue weighted by molar-refractivity contribution is 7.37. The standard InChI is InChI=1S/C3H7O2P.ClH/c1-2-3-6(4)5;/h2-3H2,1H3;1H/p+1. The molecule has 7 heavy (non-hydrogen) atoms. The summed E-state index contributed by atoms with van der Waals surface area (Å²) in [6.07, 6.45) is 1.24. The number of hydrogen-bond acceptors (Lipinski definition) is 1. The van der Waals surface area contributed by atoms with Crippen molar-refractivity contribution in [2.24, 2.45) is 0 Å². The Labute approximate surface area is 50.2 Å². The molecular formula is C3H9ClO2P+. The van der Waals surface area contributed by atoms with Crippen molar-refractivity contribution in [1.82, 2.24) is 0 Å². The van der Waals surface area contributed by atoms with Crippen LogP contribution in [-0.2, 0) is 4.57 Å². The van der Waals surface area contributed by atoms with Gasteiger partial charge in [-0.25, -0.2) is 0 Å². The quantitative estimate of drug-likeness (QED) is 0.596. The summed E-state index contributed by atoms with van der Waals surface area (Å²) in [4.78, 5) is 8.06. The lowest BCUT2D eigenvalue weighted by molar-refractivity contribution is 0.502. The lowest BCUT2D eigenvalue weighted by Gasteiger charge is -1.65. The molecule has 0 bridgehead atoms. The third-order valence-electron chi connectivity index (χ3n) is 0.415. The van der Waals surface area contributed by atoms with Crippen LogP contribution in [0.3, 0.4) is 0 Å². The first-order valence-electron chi connectivity index (χ1n) is 1.91. The predicted molar refractivity (Wildman–Crippen MR) is 32.2 cm³/mol. The maximum Gasteiger partial charge on any atom is 0.505 e. The van der Waals surface area contributed by atoms with E-state index in [0.717, 1.165) is 6.42 Å². The minimum atomic E-state index is -1.85. The number of hydrogen-bond donors (Lipinski definition) is 1. The fourth-order valence-corrected chi connectivity index (χ4v) is 0.574. The summed E-state index contributed by atoms with van der Waals surface area (Å²) in [7, 11) is -1.85. The van der Waals surface area contributed by atoms with E-state index in [1.54, 1.807) is 0 Å². The van der Waals surface area contributed by atoms with E-state index in [1.165, 1.54) is 0 Å². The minimum absolute atomic E-state index is 0. The Morgan fingerprint density at radius 2 is 2.14 bits per heavy atom. The monoisotopic (exact) mass is 143 g/mol. The zero-order chi connectivity index (χ0) is 4.99. The van der Waals surface area contributed by atoms with Crippen molar-refractivity contribution in [3.05, 3.63) is 0 Å². The van der Waals surface area contributed by atoms with Gasteiger partial charge in [0.25, 0.3) is 0 Å². The molecular weight excluding hydrogens is 134 g/mol. The van der Waals surface area contributed by atoms with Gasteiger partial charge in [-0.1, -0.05) is 6.92 Å². The normalized spacial score (nSPS) is 9.71. The molecule has 0 radical (unpaired) electrons. The van der Waals surface area contributed by atoms with Gasteiger partial charge in [-0.05, 0) is 11.0 Å². The van der Waals surface area contributed by atoms with Crippen LogP contribution in [-0.4, -0.2) is 11.1 Å². The Bertz CT molecular complexity index is 56.9. The molecule has 0 aliphatic heterocycles. The minimum Gasteiger partial charge on any atom is -0.161 e. The zero-order valence-electron chi connectivity index (χ0n) is 4.13. The number of rotatable bonds is 2. The molecule has 0 saturated heterocycles. The Balaban J connectivity index is 0. The smallest absolute Gasteiger partial charge is 0.161 e. The molecule has 0 heterocycles. The number of halogens is 1. The first kappa shape index (κ1) is 10.4. The molecule has 0 rings (SSSR count). The van der Waals surface area contributed by atoms with Gasteiger partial charge in [0, 0.05) is 0 Å². The molecule has 0 aliphatic rings. The van der Waals surface area contributed by atoms with Crippen molar-refractivity contribution >= 4 is 20.4 Å². The van der Waals surface area contributed by atoms with Gasteiger partial charge in [0.15, 0.2) is 6.16 Å². The van der Waals surface area contributed by atoms with Crippen molar-refractivity contribution in [3.8, 4) is 0 Å². The van der Waals surface area contributed by atoms with Gasteiger partial charge in [0.2, 0.25) is 0 Å². The van der Waals surface area contributed by atoms with Crippen molar-refractivity contribution in [2.45, 2.75) is 13.3 Å². The van der Waals surface area contributed by atoms with Crippen LogP contribution in [0.5, 0.6) is 0 Å². The van der Waals surface area contributed by atoms with Crippen LogP contribution in [0.15, 0.2) is 0 Å². The van der Waals surface area contributed by atoms with Crippen molar-refractivity contribution in [1.29, 1.82) is 0 Å². The van der Waals surface area contributed by atoms with Gasteiger partial charge in [-0.15, -0.1) is 12.4 Å². The van der Waals surface area contributed by atoms with Crippen LogP contribution in [0.2, 0.25) is 0 Å². The molecule has 1 N–H and O–H groups in total. The van der Waals surface area contributed by atoms with Crippen LogP contribution in [0, 0.1) is 0 Å². The van der Waals surface area contributed by atoms with E-state index in [1.807, 2.05) is 6.92 Å². The van der Waals surface area contributed by atoms with Gasteiger partial charge in [0.05, 0.1) is 0 Å². The van der Waals surface area contributed by atoms with Gasteiger partial charge in [-0.2, -0.15) is 4.89 Å². The summed E-state index contributed by atoms with van der Waals surface area (Å²) in [5.41, 5.74) is 0. The molecule has 1 atom stereocenters. The van der Waals surface area contributed by atoms with Crippen molar-refractivity contribution in [3.63, 3.8) is 0 Å². The maximum atomic E-state index is 9.75. The molecule has 4 heteroatoms. The molecule has 0 aromatic heterocycles. The van der Waals surface area contributed by atoms with Crippen molar-refractivity contribution in [2.75, 3.05) is 6.16 Å². The topological polar surface area (TPSA) is 37.3 Å². The van der Waals surface area contributed by atoms with Crippen molar-refractivity contribution < 1.29 is 9.46 Å². The molecule has 1 unspecified atom stereocenters. The SMILES string of the molecule is CCC[P+](=O)O.Cl. The summed E-state index contributed by atoms with van der Waals surface area (Å²) in [5.74, 6) is 0. The third-order valence-corrected chi connectivity index (χ3v) is 1.24. The highest BCUT2D eigenvalue weighted by Crippen LogP contribution is 2.12. The fourth-order valence-electron chi connectivity index (χ4n) is 0.191. The second-order valence-corrected chi connectivity index (χ2v) is 2.23. The summed E-state index contributed by atoms with van der Waals surface area (Å²) < 4.78 is 9.75. The summed E-state index contributed by atoms with van der Waals surface area (Å²) in [6.45, 7) is 1.88. The molecule has 2 nitrogen and oxygen atoms in total. The molecule has 0 fully saturated rings. The van der Waals surface area contributed by atoms with E-state index < -0.39 is 8.03 Å².